The molecule has 152 valence electrons. The summed E-state index contributed by atoms with van der Waals surface area (Å²) in [5.74, 6) is -0.284. The topological polar surface area (TPSA) is 44.7 Å². The Morgan fingerprint density at radius 2 is 1.67 bits per heavy atom. The molecule has 3 aromatic rings. The molecule has 0 saturated heterocycles. The van der Waals surface area contributed by atoms with E-state index < -0.39 is 0 Å². The minimum atomic E-state index is -0.284. The smallest absolute Gasteiger partial charge is 0.271 e. The van der Waals surface area contributed by atoms with Crippen molar-refractivity contribution in [1.82, 2.24) is 10.3 Å². The molecule has 1 amide bonds. The summed E-state index contributed by atoms with van der Waals surface area (Å²) in [4.78, 5) is 14.8. The van der Waals surface area contributed by atoms with Crippen molar-refractivity contribution in [3.8, 4) is 0 Å². The van der Waals surface area contributed by atoms with E-state index in [0.29, 0.717) is 21.2 Å². The molecule has 4 nitrogen and oxygen atoms in total. The number of benzene rings is 3. The van der Waals surface area contributed by atoms with Gasteiger partial charge in [-0.2, -0.15) is 5.10 Å². The third-order valence-corrected chi connectivity index (χ3v) is 5.85. The number of carbonyl (C=O) groups excluding carboxylic acids is 1. The minimum Gasteiger partial charge on any atom is -0.294 e. The average molecular weight is 438 g/mol. The van der Waals surface area contributed by atoms with E-state index >= 15 is 0 Å². The Labute approximate surface area is 186 Å². The normalized spacial score (nSPS) is 13.9. The summed E-state index contributed by atoms with van der Waals surface area (Å²) >= 11 is 12.2. The Morgan fingerprint density at radius 3 is 2.40 bits per heavy atom. The molecule has 0 radical (unpaired) electrons. The van der Waals surface area contributed by atoms with Gasteiger partial charge in [-0.15, -0.1) is 0 Å². The van der Waals surface area contributed by atoms with Crippen LogP contribution in [0.25, 0.3) is 0 Å². The number of rotatable bonds is 5. The van der Waals surface area contributed by atoms with Crippen LogP contribution in [0.5, 0.6) is 0 Å². The van der Waals surface area contributed by atoms with Crippen LogP contribution in [0.4, 0.5) is 0 Å². The summed E-state index contributed by atoms with van der Waals surface area (Å²) in [5, 5.41) is 4.93. The molecule has 0 bridgehead atoms. The van der Waals surface area contributed by atoms with Crippen LogP contribution in [0.15, 0.2) is 71.8 Å². The predicted octanol–water partition coefficient (Wildman–Crippen LogP) is 5.32. The SMILES string of the molecule is O=C(NN=Cc1c(Cl)cccc1Cl)c1ccc(CN2CCc3ccccc3C2)cc1. The first-order valence-electron chi connectivity index (χ1n) is 9.75. The van der Waals surface area contributed by atoms with Gasteiger partial charge in [-0.25, -0.2) is 5.43 Å². The third-order valence-electron chi connectivity index (χ3n) is 5.19. The number of halogens is 2. The fraction of sp³-hybridized carbons (Fsp3) is 0.167. The molecular weight excluding hydrogens is 417 g/mol. The van der Waals surface area contributed by atoms with E-state index in [0.717, 1.165) is 26.1 Å². The monoisotopic (exact) mass is 437 g/mol. The van der Waals surface area contributed by atoms with Crippen molar-refractivity contribution < 1.29 is 4.79 Å². The summed E-state index contributed by atoms with van der Waals surface area (Å²) in [7, 11) is 0. The number of fused-ring (bicyclic) bond motifs is 1. The van der Waals surface area contributed by atoms with Crippen molar-refractivity contribution in [2.45, 2.75) is 19.5 Å². The Morgan fingerprint density at radius 1 is 0.967 bits per heavy atom. The van der Waals surface area contributed by atoms with Gasteiger partial charge in [-0.1, -0.05) is 65.7 Å². The molecule has 3 aromatic carbocycles. The first-order chi connectivity index (χ1) is 14.6. The highest BCUT2D eigenvalue weighted by Crippen LogP contribution is 2.22. The quantitative estimate of drug-likeness (QED) is 0.433. The Bertz CT molecular complexity index is 1060. The molecule has 0 unspecified atom stereocenters. The van der Waals surface area contributed by atoms with E-state index in [4.69, 9.17) is 23.2 Å². The lowest BCUT2D eigenvalue weighted by molar-refractivity contribution is 0.0955. The fourth-order valence-electron chi connectivity index (χ4n) is 3.56. The van der Waals surface area contributed by atoms with Crippen LogP contribution < -0.4 is 5.43 Å². The summed E-state index contributed by atoms with van der Waals surface area (Å²) in [6.45, 7) is 2.86. The van der Waals surface area contributed by atoms with Gasteiger partial charge in [-0.3, -0.25) is 9.69 Å². The van der Waals surface area contributed by atoms with Gasteiger partial charge in [0.15, 0.2) is 0 Å². The molecule has 1 aliphatic rings. The second kappa shape index (κ2) is 9.43. The van der Waals surface area contributed by atoms with Crippen LogP contribution in [0, 0.1) is 0 Å². The zero-order valence-corrected chi connectivity index (χ0v) is 17.8. The van der Waals surface area contributed by atoms with E-state index in [2.05, 4.69) is 39.7 Å². The zero-order chi connectivity index (χ0) is 20.9. The molecule has 1 aliphatic heterocycles. The van der Waals surface area contributed by atoms with E-state index in [-0.39, 0.29) is 5.91 Å². The molecule has 4 rings (SSSR count). The summed E-state index contributed by atoms with van der Waals surface area (Å²) in [6.07, 6.45) is 2.52. The maximum atomic E-state index is 12.3. The van der Waals surface area contributed by atoms with Gasteiger partial charge in [-0.05, 0) is 47.4 Å². The third kappa shape index (κ3) is 4.90. The van der Waals surface area contributed by atoms with Gasteiger partial charge in [0.25, 0.3) is 5.91 Å². The predicted molar refractivity (Wildman–Crippen MR) is 122 cm³/mol. The Balaban J connectivity index is 1.34. The van der Waals surface area contributed by atoms with E-state index in [1.165, 1.54) is 22.9 Å². The largest absolute Gasteiger partial charge is 0.294 e. The molecule has 0 saturated carbocycles. The molecule has 1 N–H and O–H groups in total. The summed E-state index contributed by atoms with van der Waals surface area (Å²) < 4.78 is 0. The second-order valence-electron chi connectivity index (χ2n) is 7.26. The van der Waals surface area contributed by atoms with Crippen molar-refractivity contribution in [2.75, 3.05) is 6.54 Å². The Kier molecular flexibility index (Phi) is 6.48. The molecule has 30 heavy (non-hydrogen) atoms. The highest BCUT2D eigenvalue weighted by molar-refractivity contribution is 6.38. The molecule has 0 aromatic heterocycles. The van der Waals surface area contributed by atoms with Gasteiger partial charge in [0.05, 0.1) is 16.3 Å². The number of amides is 1. The molecule has 0 fully saturated rings. The highest BCUT2D eigenvalue weighted by atomic mass is 35.5. The summed E-state index contributed by atoms with van der Waals surface area (Å²) in [5.41, 5.74) is 7.65. The van der Waals surface area contributed by atoms with Crippen LogP contribution in [0.3, 0.4) is 0 Å². The molecule has 0 atom stereocenters. The van der Waals surface area contributed by atoms with Gasteiger partial charge in [0.1, 0.15) is 0 Å². The van der Waals surface area contributed by atoms with Crippen molar-refractivity contribution in [3.63, 3.8) is 0 Å². The van der Waals surface area contributed by atoms with Crippen LogP contribution in [-0.4, -0.2) is 23.6 Å². The minimum absolute atomic E-state index is 0.284. The fourth-order valence-corrected chi connectivity index (χ4v) is 4.06. The second-order valence-corrected chi connectivity index (χ2v) is 8.08. The first-order valence-corrected chi connectivity index (χ1v) is 10.5. The Hall–Kier alpha value is -2.66. The first kappa shape index (κ1) is 20.6. The van der Waals surface area contributed by atoms with Crippen molar-refractivity contribution in [2.24, 2.45) is 5.10 Å². The number of hydrogen-bond donors (Lipinski definition) is 1. The highest BCUT2D eigenvalue weighted by Gasteiger charge is 2.16. The number of carbonyl (C=O) groups is 1. The van der Waals surface area contributed by atoms with Gasteiger partial charge in [0, 0.05) is 30.8 Å². The summed E-state index contributed by atoms with van der Waals surface area (Å²) in [6, 6.07) is 21.4. The van der Waals surface area contributed by atoms with Crippen molar-refractivity contribution >= 4 is 35.3 Å². The lowest BCUT2D eigenvalue weighted by atomic mass is 9.99. The van der Waals surface area contributed by atoms with E-state index in [1.807, 2.05) is 24.3 Å². The number of nitrogens with one attached hydrogen (secondary N) is 1. The van der Waals surface area contributed by atoms with Crippen LogP contribution >= 0.6 is 23.2 Å². The van der Waals surface area contributed by atoms with Gasteiger partial charge in [0.2, 0.25) is 0 Å². The molecule has 1 heterocycles. The number of nitrogens with zero attached hydrogens (tertiary/aromatic N) is 2. The molecule has 0 spiro atoms. The maximum Gasteiger partial charge on any atom is 0.271 e. The lowest BCUT2D eigenvalue weighted by Gasteiger charge is -2.28. The molecule has 6 heteroatoms. The van der Waals surface area contributed by atoms with Crippen molar-refractivity contribution in [1.29, 1.82) is 0 Å². The number of hydrogen-bond acceptors (Lipinski definition) is 3. The van der Waals surface area contributed by atoms with Crippen molar-refractivity contribution in [3.05, 3.63) is 105 Å². The van der Waals surface area contributed by atoms with E-state index in [9.17, 15) is 4.79 Å². The van der Waals surface area contributed by atoms with Crippen LogP contribution in [0.2, 0.25) is 10.0 Å². The lowest BCUT2D eigenvalue weighted by Crippen LogP contribution is -2.30. The number of hydrazone groups is 1. The molecular formula is C24H21Cl2N3O. The van der Waals surface area contributed by atoms with Gasteiger partial charge >= 0.3 is 0 Å². The van der Waals surface area contributed by atoms with E-state index in [1.54, 1.807) is 18.2 Å². The van der Waals surface area contributed by atoms with Gasteiger partial charge < -0.3 is 0 Å². The standard InChI is InChI=1S/C24H21Cl2N3O/c25-22-6-3-7-23(26)21(22)14-27-28-24(30)19-10-8-17(9-11-19)15-29-13-12-18-4-1-2-5-20(18)16-29/h1-11,14H,12-13,15-16H2,(H,28,30). The van der Waals surface area contributed by atoms with Crippen LogP contribution in [-0.2, 0) is 19.5 Å². The average Bonchev–Trinajstić information content (AvgIpc) is 2.76. The zero-order valence-electron chi connectivity index (χ0n) is 16.3. The maximum absolute atomic E-state index is 12.3. The molecule has 0 aliphatic carbocycles. The van der Waals surface area contributed by atoms with Crippen LogP contribution in [0.1, 0.15) is 32.6 Å².